The van der Waals surface area contributed by atoms with Gasteiger partial charge in [-0.05, 0) is 74.6 Å². The fraction of sp³-hybridized carbons (Fsp3) is 0.333. The molecule has 0 saturated heterocycles. The highest BCUT2D eigenvalue weighted by Gasteiger charge is 2.12. The van der Waals surface area contributed by atoms with Gasteiger partial charge in [-0.15, -0.1) is 0 Å². The summed E-state index contributed by atoms with van der Waals surface area (Å²) in [6.07, 6.45) is 4.52. The van der Waals surface area contributed by atoms with Crippen molar-refractivity contribution >= 4 is 16.9 Å². The maximum atomic E-state index is 13.7. The van der Waals surface area contributed by atoms with Gasteiger partial charge in [-0.2, -0.15) is 0 Å². The van der Waals surface area contributed by atoms with Gasteiger partial charge in [0, 0.05) is 19.5 Å². The quantitative estimate of drug-likeness (QED) is 0.235. The fourth-order valence-electron chi connectivity index (χ4n) is 4.38. The molecule has 1 aromatic heterocycles. The van der Waals surface area contributed by atoms with Crippen LogP contribution in [0.2, 0.25) is 0 Å². The Balaban J connectivity index is 1.26. The number of aromatic nitrogens is 2. The Morgan fingerprint density at radius 3 is 2.61 bits per heavy atom. The Morgan fingerprint density at radius 1 is 0.944 bits per heavy atom. The number of fused-ring (bicyclic) bond motifs is 1. The van der Waals surface area contributed by atoms with Crippen LogP contribution in [0.4, 0.5) is 4.39 Å². The van der Waals surface area contributed by atoms with Crippen molar-refractivity contribution in [3.05, 3.63) is 95.1 Å². The van der Waals surface area contributed by atoms with Crippen LogP contribution in [-0.4, -0.2) is 28.6 Å². The highest BCUT2D eigenvalue weighted by molar-refractivity contribution is 5.94. The third kappa shape index (κ3) is 6.30. The minimum Gasteiger partial charge on any atom is -0.493 e. The van der Waals surface area contributed by atoms with E-state index in [4.69, 9.17) is 9.72 Å². The van der Waals surface area contributed by atoms with Gasteiger partial charge >= 0.3 is 0 Å². The van der Waals surface area contributed by atoms with Crippen molar-refractivity contribution in [3.63, 3.8) is 0 Å². The normalized spacial score (nSPS) is 11.1. The van der Waals surface area contributed by atoms with Crippen molar-refractivity contribution < 1.29 is 13.9 Å². The molecule has 6 heteroatoms. The lowest BCUT2D eigenvalue weighted by molar-refractivity contribution is 0.0949. The predicted molar refractivity (Wildman–Crippen MR) is 142 cm³/mol. The van der Waals surface area contributed by atoms with Crippen LogP contribution in [0, 0.1) is 19.7 Å². The van der Waals surface area contributed by atoms with Crippen LogP contribution < -0.4 is 10.1 Å². The summed E-state index contributed by atoms with van der Waals surface area (Å²) >= 11 is 0. The summed E-state index contributed by atoms with van der Waals surface area (Å²) in [5, 5.41) is 2.81. The van der Waals surface area contributed by atoms with Crippen molar-refractivity contribution in [2.45, 2.75) is 52.5 Å². The molecule has 4 aromatic rings. The number of benzene rings is 3. The van der Waals surface area contributed by atoms with E-state index < -0.39 is 5.82 Å². The Labute approximate surface area is 212 Å². The average molecular weight is 488 g/mol. The van der Waals surface area contributed by atoms with Gasteiger partial charge in [0.2, 0.25) is 0 Å². The van der Waals surface area contributed by atoms with Crippen LogP contribution in [0.3, 0.4) is 0 Å². The SMILES string of the molecule is Cc1cccc(OCCCn2c(CCCCCNC(=O)c3ccccc3F)nc3ccccc32)c1C. The van der Waals surface area contributed by atoms with Gasteiger partial charge in [0.1, 0.15) is 17.4 Å². The van der Waals surface area contributed by atoms with Crippen molar-refractivity contribution in [3.8, 4) is 5.75 Å². The van der Waals surface area contributed by atoms with Crippen LogP contribution in [0.1, 0.15) is 53.0 Å². The van der Waals surface area contributed by atoms with Crippen LogP contribution in [0.25, 0.3) is 11.0 Å². The third-order valence-corrected chi connectivity index (χ3v) is 6.55. The monoisotopic (exact) mass is 487 g/mol. The van der Waals surface area contributed by atoms with E-state index >= 15 is 0 Å². The first-order chi connectivity index (χ1) is 17.5. The largest absolute Gasteiger partial charge is 0.493 e. The summed E-state index contributed by atoms with van der Waals surface area (Å²) in [6, 6.07) is 20.5. The number of imidazole rings is 1. The molecule has 1 amide bonds. The molecule has 0 radical (unpaired) electrons. The number of nitrogens with zero attached hydrogens (tertiary/aromatic N) is 2. The molecule has 1 heterocycles. The smallest absolute Gasteiger partial charge is 0.254 e. The molecule has 0 bridgehead atoms. The molecule has 0 atom stereocenters. The van der Waals surface area contributed by atoms with Gasteiger partial charge < -0.3 is 14.6 Å². The number of halogens is 1. The molecule has 0 saturated carbocycles. The number of para-hydroxylation sites is 2. The van der Waals surface area contributed by atoms with Gasteiger partial charge in [-0.25, -0.2) is 9.37 Å². The maximum Gasteiger partial charge on any atom is 0.254 e. The minimum atomic E-state index is -0.492. The summed E-state index contributed by atoms with van der Waals surface area (Å²) in [7, 11) is 0. The van der Waals surface area contributed by atoms with Crippen molar-refractivity contribution in [1.29, 1.82) is 0 Å². The van der Waals surface area contributed by atoms with Gasteiger partial charge in [0.15, 0.2) is 0 Å². The molecule has 1 N–H and O–H groups in total. The van der Waals surface area contributed by atoms with Gasteiger partial charge in [-0.3, -0.25) is 4.79 Å². The summed E-state index contributed by atoms with van der Waals surface area (Å²) in [6.45, 7) is 6.22. The van der Waals surface area contributed by atoms with E-state index in [1.807, 2.05) is 18.2 Å². The molecule has 0 aliphatic heterocycles. The first-order valence-corrected chi connectivity index (χ1v) is 12.7. The Hall–Kier alpha value is -3.67. The Morgan fingerprint density at radius 2 is 1.75 bits per heavy atom. The molecule has 0 unspecified atom stereocenters. The van der Waals surface area contributed by atoms with E-state index in [1.165, 1.54) is 23.3 Å². The highest BCUT2D eigenvalue weighted by Crippen LogP contribution is 2.22. The number of aryl methyl sites for hydroxylation is 3. The standard InChI is InChI=1S/C30H34FN3O2/c1-22-12-10-17-28(23(22)2)36-21-11-20-34-27-16-8-7-15-26(27)33-29(34)18-4-3-9-19-32-30(35)24-13-5-6-14-25(24)31/h5-8,10,12-17H,3-4,9,11,18-21H2,1-2H3,(H,32,35). The highest BCUT2D eigenvalue weighted by atomic mass is 19.1. The molecule has 3 aromatic carbocycles. The molecule has 0 aliphatic rings. The zero-order chi connectivity index (χ0) is 25.3. The van der Waals surface area contributed by atoms with E-state index in [-0.39, 0.29) is 11.5 Å². The number of hydrogen-bond acceptors (Lipinski definition) is 3. The second kappa shape index (κ2) is 12.3. The van der Waals surface area contributed by atoms with E-state index in [2.05, 4.69) is 48.0 Å². The van der Waals surface area contributed by atoms with Gasteiger partial charge in [0.25, 0.3) is 5.91 Å². The first kappa shape index (κ1) is 25.4. The molecule has 5 nitrogen and oxygen atoms in total. The number of hydrogen-bond donors (Lipinski definition) is 1. The van der Waals surface area contributed by atoms with Crippen molar-refractivity contribution in [2.24, 2.45) is 0 Å². The summed E-state index contributed by atoms with van der Waals surface area (Å²) in [4.78, 5) is 17.0. The second-order valence-corrected chi connectivity index (χ2v) is 9.11. The molecule has 188 valence electrons. The lowest BCUT2D eigenvalue weighted by atomic mass is 10.1. The Kier molecular flexibility index (Phi) is 8.71. The summed E-state index contributed by atoms with van der Waals surface area (Å²) < 4.78 is 22.1. The van der Waals surface area contributed by atoms with E-state index in [9.17, 15) is 9.18 Å². The predicted octanol–water partition coefficient (Wildman–Crippen LogP) is 6.40. The number of nitrogens with one attached hydrogen (secondary N) is 1. The van der Waals surface area contributed by atoms with Crippen molar-refractivity contribution in [2.75, 3.05) is 13.2 Å². The number of unbranched alkanes of at least 4 members (excludes halogenated alkanes) is 2. The zero-order valence-electron chi connectivity index (χ0n) is 21.1. The fourth-order valence-corrected chi connectivity index (χ4v) is 4.38. The summed E-state index contributed by atoms with van der Waals surface area (Å²) in [5.41, 5.74) is 4.68. The number of carbonyl (C=O) groups excluding carboxylic acids is 1. The number of amides is 1. The molecule has 0 spiro atoms. The van der Waals surface area contributed by atoms with Gasteiger partial charge in [0.05, 0.1) is 23.2 Å². The van der Waals surface area contributed by atoms with E-state index in [0.29, 0.717) is 13.2 Å². The maximum absolute atomic E-state index is 13.7. The van der Waals surface area contributed by atoms with Crippen LogP contribution in [0.15, 0.2) is 66.7 Å². The lowest BCUT2D eigenvalue weighted by Gasteiger charge is -2.13. The third-order valence-electron chi connectivity index (χ3n) is 6.55. The van der Waals surface area contributed by atoms with Crippen LogP contribution in [-0.2, 0) is 13.0 Å². The molecular formula is C30H34FN3O2. The molecular weight excluding hydrogens is 453 g/mol. The van der Waals surface area contributed by atoms with Crippen molar-refractivity contribution in [1.82, 2.24) is 14.9 Å². The number of ether oxygens (including phenoxy) is 1. The number of rotatable bonds is 12. The zero-order valence-corrected chi connectivity index (χ0v) is 21.1. The van der Waals surface area contributed by atoms with E-state index in [0.717, 1.165) is 61.3 Å². The topological polar surface area (TPSA) is 56.1 Å². The second-order valence-electron chi connectivity index (χ2n) is 9.11. The molecule has 36 heavy (non-hydrogen) atoms. The number of carbonyl (C=O) groups is 1. The molecule has 0 aliphatic carbocycles. The molecule has 4 rings (SSSR count). The lowest BCUT2D eigenvalue weighted by Crippen LogP contribution is -2.25. The Bertz CT molecular complexity index is 1310. The summed E-state index contributed by atoms with van der Waals surface area (Å²) in [5.74, 6) is 1.18. The molecule has 0 fully saturated rings. The van der Waals surface area contributed by atoms with Gasteiger partial charge in [-0.1, -0.05) is 42.8 Å². The minimum absolute atomic E-state index is 0.0905. The van der Waals surface area contributed by atoms with Crippen LogP contribution >= 0.6 is 0 Å². The van der Waals surface area contributed by atoms with E-state index in [1.54, 1.807) is 12.1 Å². The van der Waals surface area contributed by atoms with Crippen LogP contribution in [0.5, 0.6) is 5.75 Å². The average Bonchev–Trinajstić information content (AvgIpc) is 3.23. The first-order valence-electron chi connectivity index (χ1n) is 12.7.